The van der Waals surface area contributed by atoms with E-state index in [4.69, 9.17) is 9.47 Å². The normalized spacial score (nSPS) is 26.2. The largest absolute Gasteiger partial charge is 0.490 e. The number of aromatic nitrogens is 2. The van der Waals surface area contributed by atoms with Crippen LogP contribution < -0.4 is 15.4 Å². The van der Waals surface area contributed by atoms with Crippen molar-refractivity contribution < 1.29 is 9.47 Å². The lowest BCUT2D eigenvalue weighted by Gasteiger charge is -2.21. The Morgan fingerprint density at radius 1 is 1.26 bits per heavy atom. The first-order valence-corrected chi connectivity index (χ1v) is 6.78. The SMILES string of the molecule is CNc1ncnc(NC2CCOC2C2CC2)c1OC. The van der Waals surface area contributed by atoms with E-state index >= 15 is 0 Å². The van der Waals surface area contributed by atoms with Crippen LogP contribution in [0.3, 0.4) is 0 Å². The van der Waals surface area contributed by atoms with Crippen LogP contribution in [-0.2, 0) is 4.74 Å². The van der Waals surface area contributed by atoms with Crippen LogP contribution in [0.5, 0.6) is 5.75 Å². The molecule has 0 radical (unpaired) electrons. The molecule has 0 amide bonds. The average molecular weight is 264 g/mol. The van der Waals surface area contributed by atoms with Gasteiger partial charge in [-0.1, -0.05) is 0 Å². The molecule has 6 heteroatoms. The van der Waals surface area contributed by atoms with Crippen LogP contribution in [0.15, 0.2) is 6.33 Å². The maximum absolute atomic E-state index is 5.83. The van der Waals surface area contributed by atoms with E-state index in [0.717, 1.165) is 24.8 Å². The van der Waals surface area contributed by atoms with E-state index in [2.05, 4.69) is 20.6 Å². The van der Waals surface area contributed by atoms with E-state index in [1.54, 1.807) is 13.4 Å². The minimum absolute atomic E-state index is 0.317. The zero-order chi connectivity index (χ0) is 13.2. The van der Waals surface area contributed by atoms with Crippen molar-refractivity contribution in [2.24, 2.45) is 5.92 Å². The lowest BCUT2D eigenvalue weighted by molar-refractivity contribution is 0.0897. The number of nitrogens with zero attached hydrogens (tertiary/aromatic N) is 2. The third kappa shape index (κ3) is 2.45. The molecule has 0 bridgehead atoms. The Hall–Kier alpha value is -1.56. The second-order valence-electron chi connectivity index (χ2n) is 5.07. The molecule has 2 atom stereocenters. The van der Waals surface area contributed by atoms with Crippen LogP contribution in [0, 0.1) is 5.92 Å². The molecule has 6 nitrogen and oxygen atoms in total. The predicted molar refractivity (Wildman–Crippen MR) is 72.6 cm³/mol. The van der Waals surface area contributed by atoms with E-state index in [1.807, 2.05) is 7.05 Å². The number of hydrogen-bond donors (Lipinski definition) is 2. The number of ether oxygens (including phenoxy) is 2. The monoisotopic (exact) mass is 264 g/mol. The molecular weight excluding hydrogens is 244 g/mol. The third-order valence-corrected chi connectivity index (χ3v) is 3.79. The van der Waals surface area contributed by atoms with Gasteiger partial charge < -0.3 is 20.1 Å². The maximum Gasteiger partial charge on any atom is 0.204 e. The summed E-state index contributed by atoms with van der Waals surface area (Å²) >= 11 is 0. The molecule has 19 heavy (non-hydrogen) atoms. The van der Waals surface area contributed by atoms with Crippen molar-refractivity contribution in [2.45, 2.75) is 31.4 Å². The maximum atomic E-state index is 5.83. The standard InChI is InChI=1S/C13H20N4O2/c1-14-12-11(18-2)13(16-7-15-12)17-9-5-6-19-10(9)8-3-4-8/h7-10H,3-6H2,1-2H3,(H2,14,15,16,17). The second kappa shape index (κ2) is 5.21. The summed E-state index contributed by atoms with van der Waals surface area (Å²) in [4.78, 5) is 8.44. The van der Waals surface area contributed by atoms with E-state index in [9.17, 15) is 0 Å². The summed E-state index contributed by atoms with van der Waals surface area (Å²) in [6, 6.07) is 0.320. The smallest absolute Gasteiger partial charge is 0.204 e. The minimum atomic E-state index is 0.317. The first-order chi connectivity index (χ1) is 9.33. The number of hydrogen-bond acceptors (Lipinski definition) is 6. The van der Waals surface area contributed by atoms with Crippen molar-refractivity contribution in [2.75, 3.05) is 31.4 Å². The van der Waals surface area contributed by atoms with Gasteiger partial charge in [0.05, 0.1) is 19.3 Å². The van der Waals surface area contributed by atoms with Gasteiger partial charge in [0.25, 0.3) is 0 Å². The van der Waals surface area contributed by atoms with E-state index in [0.29, 0.717) is 23.7 Å². The van der Waals surface area contributed by atoms with Crippen LogP contribution in [0.4, 0.5) is 11.6 Å². The van der Waals surface area contributed by atoms with Gasteiger partial charge in [-0.2, -0.15) is 0 Å². The van der Waals surface area contributed by atoms with Gasteiger partial charge in [0.15, 0.2) is 11.6 Å². The van der Waals surface area contributed by atoms with Crippen molar-refractivity contribution in [1.82, 2.24) is 9.97 Å². The highest BCUT2D eigenvalue weighted by molar-refractivity contribution is 5.63. The molecule has 2 N–H and O–H groups in total. The Bertz CT molecular complexity index is 450. The molecule has 1 aliphatic carbocycles. The fourth-order valence-corrected chi connectivity index (χ4v) is 2.68. The molecule has 1 saturated heterocycles. The highest BCUT2D eigenvalue weighted by atomic mass is 16.5. The summed E-state index contributed by atoms with van der Waals surface area (Å²) in [6.45, 7) is 0.825. The number of anilines is 2. The van der Waals surface area contributed by atoms with E-state index in [-0.39, 0.29) is 0 Å². The van der Waals surface area contributed by atoms with Gasteiger partial charge in [0.1, 0.15) is 6.33 Å². The molecule has 2 heterocycles. The fourth-order valence-electron chi connectivity index (χ4n) is 2.68. The number of methoxy groups -OCH3 is 1. The number of rotatable bonds is 5. The van der Waals surface area contributed by atoms with Crippen LogP contribution in [0.1, 0.15) is 19.3 Å². The van der Waals surface area contributed by atoms with Gasteiger partial charge in [-0.3, -0.25) is 0 Å². The highest BCUT2D eigenvalue weighted by Crippen LogP contribution is 2.40. The predicted octanol–water partition coefficient (Wildman–Crippen LogP) is 1.51. The topological polar surface area (TPSA) is 68.3 Å². The Kier molecular flexibility index (Phi) is 3.42. The summed E-state index contributed by atoms with van der Waals surface area (Å²) in [5, 5.41) is 6.48. The van der Waals surface area contributed by atoms with Gasteiger partial charge in [-0.25, -0.2) is 9.97 Å². The van der Waals surface area contributed by atoms with E-state index < -0.39 is 0 Å². The Labute approximate surface area is 112 Å². The van der Waals surface area contributed by atoms with Crippen molar-refractivity contribution in [3.63, 3.8) is 0 Å². The van der Waals surface area contributed by atoms with Gasteiger partial charge in [0.2, 0.25) is 5.75 Å². The molecule has 2 aliphatic rings. The third-order valence-electron chi connectivity index (χ3n) is 3.79. The lowest BCUT2D eigenvalue weighted by atomic mass is 10.1. The van der Waals surface area contributed by atoms with Gasteiger partial charge >= 0.3 is 0 Å². The zero-order valence-corrected chi connectivity index (χ0v) is 11.3. The van der Waals surface area contributed by atoms with Crippen molar-refractivity contribution in [3.8, 4) is 5.75 Å². The Morgan fingerprint density at radius 2 is 2.05 bits per heavy atom. The molecular formula is C13H20N4O2. The molecule has 0 aromatic carbocycles. The molecule has 2 fully saturated rings. The second-order valence-corrected chi connectivity index (χ2v) is 5.07. The minimum Gasteiger partial charge on any atom is -0.490 e. The number of nitrogens with one attached hydrogen (secondary N) is 2. The van der Waals surface area contributed by atoms with Crippen LogP contribution in [-0.4, -0.2) is 42.9 Å². The van der Waals surface area contributed by atoms with Gasteiger partial charge in [0, 0.05) is 13.7 Å². The molecule has 1 aromatic heterocycles. The van der Waals surface area contributed by atoms with E-state index in [1.165, 1.54) is 12.8 Å². The molecule has 2 unspecified atom stereocenters. The Morgan fingerprint density at radius 3 is 2.74 bits per heavy atom. The van der Waals surface area contributed by atoms with Crippen LogP contribution >= 0.6 is 0 Å². The first-order valence-electron chi connectivity index (χ1n) is 6.78. The molecule has 3 rings (SSSR count). The molecule has 104 valence electrons. The molecule has 1 aliphatic heterocycles. The van der Waals surface area contributed by atoms with Crippen LogP contribution in [0.25, 0.3) is 0 Å². The summed E-state index contributed by atoms with van der Waals surface area (Å²) in [5.41, 5.74) is 0. The fraction of sp³-hybridized carbons (Fsp3) is 0.692. The van der Waals surface area contributed by atoms with Crippen LogP contribution in [0.2, 0.25) is 0 Å². The molecule has 0 spiro atoms. The van der Waals surface area contributed by atoms with Crippen molar-refractivity contribution >= 4 is 11.6 Å². The highest BCUT2D eigenvalue weighted by Gasteiger charge is 2.41. The first kappa shape index (κ1) is 12.5. The van der Waals surface area contributed by atoms with Gasteiger partial charge in [-0.05, 0) is 25.2 Å². The summed E-state index contributed by atoms with van der Waals surface area (Å²) < 4.78 is 11.2. The summed E-state index contributed by atoms with van der Waals surface area (Å²) in [5.74, 6) is 2.81. The van der Waals surface area contributed by atoms with Crippen molar-refractivity contribution in [1.29, 1.82) is 0 Å². The Balaban J connectivity index is 1.78. The average Bonchev–Trinajstić information content (AvgIpc) is 3.19. The summed E-state index contributed by atoms with van der Waals surface area (Å²) in [7, 11) is 3.45. The summed E-state index contributed by atoms with van der Waals surface area (Å²) in [6.07, 6.45) is 5.44. The lowest BCUT2D eigenvalue weighted by Crippen LogP contribution is -2.31. The van der Waals surface area contributed by atoms with Crippen molar-refractivity contribution in [3.05, 3.63) is 6.33 Å². The quantitative estimate of drug-likeness (QED) is 0.840. The molecule has 1 aromatic rings. The van der Waals surface area contributed by atoms with Gasteiger partial charge in [-0.15, -0.1) is 0 Å². The zero-order valence-electron chi connectivity index (χ0n) is 11.3. The molecule has 1 saturated carbocycles.